The number of benzene rings is 1. The molecule has 6 nitrogen and oxygen atoms in total. The molecular weight excluding hydrogens is 416 g/mol. The molecule has 0 saturated heterocycles. The second-order valence-electron chi connectivity index (χ2n) is 8.18. The maximum Gasteiger partial charge on any atom is 0.305 e. The molecule has 6 heteroatoms. The highest BCUT2D eigenvalue weighted by molar-refractivity contribution is 5.96. The van der Waals surface area contributed by atoms with Crippen LogP contribution < -0.4 is 5.32 Å². The van der Waals surface area contributed by atoms with Crippen molar-refractivity contribution in [1.82, 2.24) is 10.2 Å². The van der Waals surface area contributed by atoms with Crippen LogP contribution >= 0.6 is 0 Å². The Morgan fingerprint density at radius 2 is 1.85 bits per heavy atom. The lowest BCUT2D eigenvalue weighted by atomic mass is 10.0. The minimum Gasteiger partial charge on any atom is -0.469 e. The molecule has 1 N–H and O–H groups in total. The standard InChI is InChI=1S/C27H40N2O4/c1-7-10-17-29(24(12-8-2)20(4)9-3)27(32)22-15-16-23(21(5)18-22)19-28-25(30)13-11-14-26(31)33-6/h8,12,15-16,18H,7,9-11,13-14,17,19H2,1-6H3,(H,28,30)/b12-8-,24-20+. The van der Waals surface area contributed by atoms with E-state index >= 15 is 0 Å². The number of nitrogens with zero attached hydrogens (tertiary/aromatic N) is 1. The van der Waals surface area contributed by atoms with E-state index in [4.69, 9.17) is 0 Å². The molecule has 0 aromatic heterocycles. The predicted octanol–water partition coefficient (Wildman–Crippen LogP) is 5.46. The summed E-state index contributed by atoms with van der Waals surface area (Å²) in [6.07, 6.45) is 7.78. The van der Waals surface area contributed by atoms with Crippen molar-refractivity contribution in [3.05, 3.63) is 58.3 Å². The normalized spacial score (nSPS) is 11.8. The van der Waals surface area contributed by atoms with E-state index in [9.17, 15) is 14.4 Å². The maximum absolute atomic E-state index is 13.5. The zero-order chi connectivity index (χ0) is 24.8. The number of amides is 2. The van der Waals surface area contributed by atoms with E-state index in [1.165, 1.54) is 12.7 Å². The molecule has 1 aromatic rings. The van der Waals surface area contributed by atoms with Crippen LogP contribution in [0.1, 0.15) is 87.7 Å². The molecule has 0 unspecified atom stereocenters. The summed E-state index contributed by atoms with van der Waals surface area (Å²) < 4.78 is 4.59. The molecule has 1 aromatic carbocycles. The van der Waals surface area contributed by atoms with Gasteiger partial charge in [0.2, 0.25) is 5.91 Å². The van der Waals surface area contributed by atoms with Gasteiger partial charge >= 0.3 is 5.97 Å². The summed E-state index contributed by atoms with van der Waals surface area (Å²) in [5.41, 5.74) is 4.71. The largest absolute Gasteiger partial charge is 0.469 e. The lowest BCUT2D eigenvalue weighted by molar-refractivity contribution is -0.140. The number of aryl methyl sites for hydroxylation is 1. The highest BCUT2D eigenvalue weighted by atomic mass is 16.5. The average molecular weight is 457 g/mol. The van der Waals surface area contributed by atoms with Crippen LogP contribution in [0.3, 0.4) is 0 Å². The lowest BCUT2D eigenvalue weighted by Gasteiger charge is -2.26. The van der Waals surface area contributed by atoms with E-state index in [-0.39, 0.29) is 30.6 Å². The van der Waals surface area contributed by atoms with Crippen molar-refractivity contribution in [3.8, 4) is 0 Å². The summed E-state index contributed by atoms with van der Waals surface area (Å²) in [6, 6.07) is 5.64. The van der Waals surface area contributed by atoms with Gasteiger partial charge < -0.3 is 15.0 Å². The van der Waals surface area contributed by atoms with Crippen LogP contribution in [0.2, 0.25) is 0 Å². The summed E-state index contributed by atoms with van der Waals surface area (Å²) in [6.45, 7) is 11.3. The Kier molecular flexibility index (Phi) is 12.8. The number of allylic oxidation sites excluding steroid dienone is 3. The SMILES string of the molecule is C/C=C\C(=C(\C)CC)N(CCCC)C(=O)c1ccc(CNC(=O)CCCC(=O)OC)c(C)c1. The van der Waals surface area contributed by atoms with Crippen LogP contribution in [0.25, 0.3) is 0 Å². The van der Waals surface area contributed by atoms with Crippen LogP contribution in [-0.2, 0) is 20.9 Å². The fourth-order valence-electron chi connectivity index (χ4n) is 3.41. The molecule has 0 atom stereocenters. The summed E-state index contributed by atoms with van der Waals surface area (Å²) in [7, 11) is 1.34. The number of esters is 1. The van der Waals surface area contributed by atoms with Gasteiger partial charge in [-0.1, -0.05) is 32.4 Å². The molecule has 2 amide bonds. The monoisotopic (exact) mass is 456 g/mol. The molecule has 0 saturated carbocycles. The number of methoxy groups -OCH3 is 1. The molecule has 0 radical (unpaired) electrons. The summed E-state index contributed by atoms with van der Waals surface area (Å²) in [5, 5.41) is 2.89. The van der Waals surface area contributed by atoms with Crippen molar-refractivity contribution in [1.29, 1.82) is 0 Å². The third kappa shape index (κ3) is 9.24. The Hall–Kier alpha value is -2.89. The fourth-order valence-corrected chi connectivity index (χ4v) is 3.41. The van der Waals surface area contributed by atoms with E-state index in [0.717, 1.165) is 36.1 Å². The number of ether oxygens (including phenoxy) is 1. The summed E-state index contributed by atoms with van der Waals surface area (Å²) >= 11 is 0. The second kappa shape index (κ2) is 15.0. The maximum atomic E-state index is 13.5. The van der Waals surface area contributed by atoms with Gasteiger partial charge in [0.05, 0.1) is 7.11 Å². The van der Waals surface area contributed by atoms with Crippen LogP contribution in [0.5, 0.6) is 0 Å². The molecule has 33 heavy (non-hydrogen) atoms. The van der Waals surface area contributed by atoms with Gasteiger partial charge in [0.25, 0.3) is 5.91 Å². The molecule has 0 aliphatic heterocycles. The van der Waals surface area contributed by atoms with Crippen molar-refractivity contribution in [2.75, 3.05) is 13.7 Å². The average Bonchev–Trinajstić information content (AvgIpc) is 2.81. The molecule has 0 fully saturated rings. The van der Waals surface area contributed by atoms with Crippen LogP contribution in [0, 0.1) is 6.92 Å². The van der Waals surface area contributed by atoms with E-state index < -0.39 is 0 Å². The number of hydrogen-bond donors (Lipinski definition) is 1. The number of carbonyl (C=O) groups is 3. The van der Waals surface area contributed by atoms with E-state index in [2.05, 4.69) is 30.8 Å². The second-order valence-corrected chi connectivity index (χ2v) is 8.18. The van der Waals surface area contributed by atoms with E-state index in [0.29, 0.717) is 25.1 Å². The van der Waals surface area contributed by atoms with Crippen molar-refractivity contribution in [2.24, 2.45) is 0 Å². The van der Waals surface area contributed by atoms with Crippen molar-refractivity contribution in [3.63, 3.8) is 0 Å². The number of carbonyl (C=O) groups excluding carboxylic acids is 3. The minimum atomic E-state index is -0.312. The zero-order valence-corrected chi connectivity index (χ0v) is 21.1. The Labute approximate surface area is 199 Å². The smallest absolute Gasteiger partial charge is 0.305 e. The van der Waals surface area contributed by atoms with E-state index in [1.807, 2.05) is 49.1 Å². The van der Waals surface area contributed by atoms with Gasteiger partial charge in [-0.2, -0.15) is 0 Å². The Morgan fingerprint density at radius 1 is 1.12 bits per heavy atom. The quantitative estimate of drug-likeness (QED) is 0.316. The molecule has 1 rings (SSSR count). The summed E-state index contributed by atoms with van der Waals surface area (Å²) in [5.74, 6) is -0.431. The Bertz CT molecular complexity index is 871. The highest BCUT2D eigenvalue weighted by Crippen LogP contribution is 2.21. The third-order valence-corrected chi connectivity index (χ3v) is 5.64. The Morgan fingerprint density at radius 3 is 2.42 bits per heavy atom. The summed E-state index contributed by atoms with van der Waals surface area (Å²) in [4.78, 5) is 38.6. The number of hydrogen-bond acceptors (Lipinski definition) is 4. The molecule has 0 heterocycles. The van der Waals surface area contributed by atoms with Gasteiger partial charge in [-0.25, -0.2) is 0 Å². The van der Waals surface area contributed by atoms with Crippen LogP contribution in [0.15, 0.2) is 41.6 Å². The fraction of sp³-hybridized carbons (Fsp3) is 0.519. The number of unbranched alkanes of at least 4 members (excludes halogenated alkanes) is 1. The molecule has 0 aliphatic rings. The molecule has 0 bridgehead atoms. The van der Waals surface area contributed by atoms with Crippen LogP contribution in [0.4, 0.5) is 0 Å². The van der Waals surface area contributed by atoms with Gasteiger partial charge in [-0.3, -0.25) is 14.4 Å². The third-order valence-electron chi connectivity index (χ3n) is 5.64. The first kappa shape index (κ1) is 28.1. The first-order valence-electron chi connectivity index (χ1n) is 11.9. The first-order valence-corrected chi connectivity index (χ1v) is 11.9. The lowest BCUT2D eigenvalue weighted by Crippen LogP contribution is -2.31. The van der Waals surface area contributed by atoms with Gasteiger partial charge in [-0.15, -0.1) is 0 Å². The number of nitrogens with one attached hydrogen (secondary N) is 1. The van der Waals surface area contributed by atoms with Gasteiger partial charge in [0.15, 0.2) is 0 Å². The molecule has 0 aliphatic carbocycles. The van der Waals surface area contributed by atoms with E-state index in [1.54, 1.807) is 0 Å². The van der Waals surface area contributed by atoms with Gasteiger partial charge in [0, 0.05) is 37.2 Å². The predicted molar refractivity (Wildman–Crippen MR) is 133 cm³/mol. The van der Waals surface area contributed by atoms with Crippen molar-refractivity contribution >= 4 is 17.8 Å². The topological polar surface area (TPSA) is 75.7 Å². The number of rotatable bonds is 13. The van der Waals surface area contributed by atoms with Crippen molar-refractivity contribution < 1.29 is 19.1 Å². The zero-order valence-electron chi connectivity index (χ0n) is 21.1. The van der Waals surface area contributed by atoms with Crippen molar-refractivity contribution in [2.45, 2.75) is 79.7 Å². The van der Waals surface area contributed by atoms with Crippen LogP contribution in [-0.4, -0.2) is 36.3 Å². The molecular formula is C27H40N2O4. The Balaban J connectivity index is 2.94. The molecule has 182 valence electrons. The molecule has 0 spiro atoms. The van der Waals surface area contributed by atoms with Gasteiger partial charge in [-0.05, 0) is 74.9 Å². The first-order chi connectivity index (χ1) is 15.8. The van der Waals surface area contributed by atoms with Gasteiger partial charge in [0.1, 0.15) is 0 Å². The minimum absolute atomic E-state index is 0.00848. The highest BCUT2D eigenvalue weighted by Gasteiger charge is 2.20.